The number of hydrogen-bond acceptors (Lipinski definition) is 7. The number of aromatic nitrogens is 3. The number of thioether (sulfide) groups is 1. The summed E-state index contributed by atoms with van der Waals surface area (Å²) in [4.78, 5) is 14.7. The third-order valence-electron chi connectivity index (χ3n) is 5.56. The number of anilines is 1. The number of nitrogens with zero attached hydrogens (tertiary/aromatic N) is 5. The Morgan fingerprint density at radius 3 is 2.63 bits per heavy atom. The molecule has 2 aromatic rings. The zero-order chi connectivity index (χ0) is 20.8. The van der Waals surface area contributed by atoms with Crippen molar-refractivity contribution in [3.05, 3.63) is 35.9 Å². The van der Waals surface area contributed by atoms with Crippen molar-refractivity contribution in [1.82, 2.24) is 20.1 Å². The molecule has 2 aliphatic rings. The first-order chi connectivity index (χ1) is 14.7. The van der Waals surface area contributed by atoms with Crippen LogP contribution in [0.15, 0.2) is 35.5 Å². The number of rotatable bonds is 7. The van der Waals surface area contributed by atoms with Gasteiger partial charge in [-0.1, -0.05) is 42.1 Å². The van der Waals surface area contributed by atoms with Gasteiger partial charge in [0.15, 0.2) is 5.16 Å². The van der Waals surface area contributed by atoms with Gasteiger partial charge in [-0.25, -0.2) is 0 Å². The third-order valence-corrected chi connectivity index (χ3v) is 6.52. The lowest BCUT2D eigenvalue weighted by molar-refractivity contribution is -0.119. The quantitative estimate of drug-likeness (QED) is 0.678. The molecular formula is C21H26N6O2S. The highest BCUT2D eigenvalue weighted by Gasteiger charge is 2.35. The van der Waals surface area contributed by atoms with Crippen LogP contribution in [0.4, 0.5) is 5.95 Å². The largest absolute Gasteiger partial charge is 0.378 e. The number of morpholine rings is 1. The van der Waals surface area contributed by atoms with Crippen molar-refractivity contribution >= 4 is 23.6 Å². The summed E-state index contributed by atoms with van der Waals surface area (Å²) in [5, 5.41) is 21.9. The molecule has 0 spiro atoms. The molecule has 1 aliphatic heterocycles. The SMILES string of the molecule is N#CC1(NC(=O)CSc2nnc(N3CCOCC3)n2Cc2ccccc2)CCCC1. The highest BCUT2D eigenvalue weighted by atomic mass is 32.2. The molecule has 8 nitrogen and oxygen atoms in total. The Balaban J connectivity index is 1.48. The van der Waals surface area contributed by atoms with Crippen LogP contribution in [-0.2, 0) is 16.1 Å². The van der Waals surface area contributed by atoms with Crippen LogP contribution in [-0.4, -0.2) is 58.3 Å². The van der Waals surface area contributed by atoms with E-state index < -0.39 is 5.54 Å². The maximum absolute atomic E-state index is 12.5. The molecule has 1 saturated heterocycles. The van der Waals surface area contributed by atoms with E-state index in [1.54, 1.807) is 0 Å². The fraction of sp³-hybridized carbons (Fsp3) is 0.524. The van der Waals surface area contributed by atoms with Gasteiger partial charge in [-0.3, -0.25) is 9.36 Å². The monoisotopic (exact) mass is 426 g/mol. The summed E-state index contributed by atoms with van der Waals surface area (Å²) < 4.78 is 7.53. The Kier molecular flexibility index (Phi) is 6.55. The summed E-state index contributed by atoms with van der Waals surface area (Å²) in [5.41, 5.74) is 0.446. The van der Waals surface area contributed by atoms with E-state index in [9.17, 15) is 10.1 Å². The van der Waals surface area contributed by atoms with Gasteiger partial charge in [0, 0.05) is 13.1 Å². The van der Waals surface area contributed by atoms with Gasteiger partial charge in [-0.15, -0.1) is 10.2 Å². The third kappa shape index (κ3) is 4.77. The van der Waals surface area contributed by atoms with Crippen molar-refractivity contribution in [1.29, 1.82) is 5.26 Å². The Morgan fingerprint density at radius 2 is 1.93 bits per heavy atom. The van der Waals surface area contributed by atoms with Crippen LogP contribution in [0.1, 0.15) is 31.2 Å². The van der Waals surface area contributed by atoms with Crippen molar-refractivity contribution in [2.24, 2.45) is 0 Å². The van der Waals surface area contributed by atoms with Crippen LogP contribution in [0.3, 0.4) is 0 Å². The molecule has 0 unspecified atom stereocenters. The smallest absolute Gasteiger partial charge is 0.231 e. The molecule has 0 bridgehead atoms. The van der Waals surface area contributed by atoms with Crippen LogP contribution >= 0.6 is 11.8 Å². The number of carbonyl (C=O) groups is 1. The summed E-state index contributed by atoms with van der Waals surface area (Å²) in [6.07, 6.45) is 3.42. The molecule has 1 aromatic heterocycles. The minimum atomic E-state index is -0.700. The summed E-state index contributed by atoms with van der Waals surface area (Å²) in [5.74, 6) is 0.874. The first kappa shape index (κ1) is 20.7. The topological polar surface area (TPSA) is 96.1 Å². The second kappa shape index (κ2) is 9.49. The van der Waals surface area contributed by atoms with Gasteiger partial charge in [-0.05, 0) is 31.2 Å². The normalized spacial score (nSPS) is 18.2. The minimum Gasteiger partial charge on any atom is -0.378 e. The molecule has 2 fully saturated rings. The Bertz CT molecular complexity index is 898. The van der Waals surface area contributed by atoms with Crippen LogP contribution < -0.4 is 10.2 Å². The predicted octanol–water partition coefficient (Wildman–Crippen LogP) is 2.21. The molecule has 1 N–H and O–H groups in total. The second-order valence-electron chi connectivity index (χ2n) is 7.69. The van der Waals surface area contributed by atoms with E-state index in [2.05, 4.69) is 43.2 Å². The number of carbonyl (C=O) groups excluding carboxylic acids is 1. The second-order valence-corrected chi connectivity index (χ2v) is 8.63. The molecule has 0 atom stereocenters. The lowest BCUT2D eigenvalue weighted by Crippen LogP contribution is -2.45. The van der Waals surface area contributed by atoms with E-state index in [4.69, 9.17) is 4.74 Å². The molecule has 0 radical (unpaired) electrons. The van der Waals surface area contributed by atoms with Gasteiger partial charge in [0.1, 0.15) is 5.54 Å². The van der Waals surface area contributed by atoms with Crippen molar-refractivity contribution in [3.8, 4) is 6.07 Å². The Morgan fingerprint density at radius 1 is 1.20 bits per heavy atom. The summed E-state index contributed by atoms with van der Waals surface area (Å²) in [7, 11) is 0. The minimum absolute atomic E-state index is 0.134. The van der Waals surface area contributed by atoms with E-state index in [-0.39, 0.29) is 11.7 Å². The van der Waals surface area contributed by atoms with E-state index >= 15 is 0 Å². The van der Waals surface area contributed by atoms with Gasteiger partial charge >= 0.3 is 0 Å². The number of nitrogens with one attached hydrogen (secondary N) is 1. The van der Waals surface area contributed by atoms with Gasteiger partial charge in [0.2, 0.25) is 11.9 Å². The zero-order valence-corrected chi connectivity index (χ0v) is 17.7. The number of benzene rings is 1. The average molecular weight is 427 g/mol. The van der Waals surface area contributed by atoms with Gasteiger partial charge < -0.3 is 15.0 Å². The standard InChI is InChI=1S/C21H26N6O2S/c22-16-21(8-4-5-9-21)23-18(28)15-30-20-25-24-19(26-10-12-29-13-11-26)27(20)14-17-6-2-1-3-7-17/h1-3,6-7H,4-5,8-15H2,(H,23,28). The Hall–Kier alpha value is -2.57. The summed E-state index contributed by atoms with van der Waals surface area (Å²) >= 11 is 1.36. The van der Waals surface area contributed by atoms with Crippen molar-refractivity contribution in [2.75, 3.05) is 37.0 Å². The lowest BCUT2D eigenvalue weighted by atomic mass is 10.0. The van der Waals surface area contributed by atoms with Crippen LogP contribution in [0.25, 0.3) is 0 Å². The zero-order valence-electron chi connectivity index (χ0n) is 16.9. The van der Waals surface area contributed by atoms with Gasteiger partial charge in [0.25, 0.3) is 0 Å². The van der Waals surface area contributed by atoms with Crippen LogP contribution in [0.5, 0.6) is 0 Å². The molecule has 4 rings (SSSR count). The molecular weight excluding hydrogens is 400 g/mol. The van der Waals surface area contributed by atoms with E-state index in [1.165, 1.54) is 11.8 Å². The fourth-order valence-electron chi connectivity index (χ4n) is 3.97. The van der Waals surface area contributed by atoms with Gasteiger partial charge in [0.05, 0.1) is 31.6 Å². The molecule has 158 valence electrons. The first-order valence-electron chi connectivity index (χ1n) is 10.3. The number of ether oxygens (including phenoxy) is 1. The number of amides is 1. The van der Waals surface area contributed by atoms with Crippen LogP contribution in [0, 0.1) is 11.3 Å². The lowest BCUT2D eigenvalue weighted by Gasteiger charge is -2.28. The number of hydrogen-bond donors (Lipinski definition) is 1. The highest BCUT2D eigenvalue weighted by Crippen LogP contribution is 2.29. The first-order valence-corrected chi connectivity index (χ1v) is 11.3. The summed E-state index contributed by atoms with van der Waals surface area (Å²) in [6.45, 7) is 3.50. The summed E-state index contributed by atoms with van der Waals surface area (Å²) in [6, 6.07) is 12.5. The molecule has 1 aromatic carbocycles. The molecule has 2 heterocycles. The fourth-order valence-corrected chi connectivity index (χ4v) is 4.70. The maximum atomic E-state index is 12.5. The van der Waals surface area contributed by atoms with E-state index in [1.807, 2.05) is 18.2 Å². The number of nitriles is 1. The molecule has 9 heteroatoms. The Labute approximate surface area is 180 Å². The molecule has 1 aliphatic carbocycles. The van der Waals surface area contributed by atoms with E-state index in [0.29, 0.717) is 24.9 Å². The molecule has 1 saturated carbocycles. The van der Waals surface area contributed by atoms with Gasteiger partial charge in [-0.2, -0.15) is 5.26 Å². The average Bonchev–Trinajstić information content (AvgIpc) is 3.41. The van der Waals surface area contributed by atoms with Crippen molar-refractivity contribution in [3.63, 3.8) is 0 Å². The highest BCUT2D eigenvalue weighted by molar-refractivity contribution is 7.99. The predicted molar refractivity (Wildman–Crippen MR) is 114 cm³/mol. The van der Waals surface area contributed by atoms with Crippen molar-refractivity contribution < 1.29 is 9.53 Å². The van der Waals surface area contributed by atoms with Crippen molar-refractivity contribution in [2.45, 2.75) is 42.9 Å². The maximum Gasteiger partial charge on any atom is 0.231 e. The van der Waals surface area contributed by atoms with E-state index in [0.717, 1.165) is 50.3 Å². The van der Waals surface area contributed by atoms with Crippen LogP contribution in [0.2, 0.25) is 0 Å². The molecule has 30 heavy (non-hydrogen) atoms. The molecule has 1 amide bonds.